The first kappa shape index (κ1) is 21.6. The van der Waals surface area contributed by atoms with Crippen LogP contribution >= 0.6 is 0 Å². The molecule has 4 amide bonds. The number of anilines is 3. The van der Waals surface area contributed by atoms with Gasteiger partial charge in [-0.25, -0.2) is 14.6 Å². The number of benzene rings is 3. The van der Waals surface area contributed by atoms with Gasteiger partial charge in [0, 0.05) is 18.8 Å². The summed E-state index contributed by atoms with van der Waals surface area (Å²) < 4.78 is 0. The predicted molar refractivity (Wildman–Crippen MR) is 134 cm³/mol. The number of barbiturate groups is 1. The molecule has 2 fully saturated rings. The molecule has 2 aliphatic rings. The molecule has 0 saturated carbocycles. The van der Waals surface area contributed by atoms with Gasteiger partial charge in [-0.1, -0.05) is 42.5 Å². The fourth-order valence-electron chi connectivity index (χ4n) is 4.49. The Morgan fingerprint density at radius 3 is 1.71 bits per heavy atom. The van der Waals surface area contributed by atoms with Crippen LogP contribution in [0.1, 0.15) is 24.0 Å². The smallest absolute Gasteiger partial charge is 0.343 e. The van der Waals surface area contributed by atoms with Gasteiger partial charge in [0.2, 0.25) is 0 Å². The lowest BCUT2D eigenvalue weighted by atomic mass is 10.0. The Hall–Kier alpha value is -4.19. The number of para-hydroxylation sites is 2. The van der Waals surface area contributed by atoms with Gasteiger partial charge in [0.1, 0.15) is 5.57 Å². The maximum absolute atomic E-state index is 13.5. The van der Waals surface area contributed by atoms with Gasteiger partial charge in [-0.2, -0.15) is 0 Å². The molecule has 0 N–H and O–H groups in total. The molecule has 34 heavy (non-hydrogen) atoms. The molecule has 3 aromatic carbocycles. The molecule has 5 rings (SSSR count). The minimum Gasteiger partial charge on any atom is -0.372 e. The fourth-order valence-corrected chi connectivity index (χ4v) is 4.49. The molecule has 2 heterocycles. The summed E-state index contributed by atoms with van der Waals surface area (Å²) in [4.78, 5) is 44.8. The van der Waals surface area contributed by atoms with Gasteiger partial charge >= 0.3 is 6.03 Å². The van der Waals surface area contributed by atoms with Crippen LogP contribution < -0.4 is 14.7 Å². The minimum atomic E-state index is -0.689. The Balaban J connectivity index is 1.59. The van der Waals surface area contributed by atoms with Crippen LogP contribution in [0, 0.1) is 6.92 Å². The van der Waals surface area contributed by atoms with Gasteiger partial charge in [-0.15, -0.1) is 0 Å². The Morgan fingerprint density at radius 2 is 1.21 bits per heavy atom. The topological polar surface area (TPSA) is 60.9 Å². The molecule has 2 saturated heterocycles. The summed E-state index contributed by atoms with van der Waals surface area (Å²) in [6.07, 6.45) is 3.98. The quantitative estimate of drug-likeness (QED) is 0.405. The first-order valence-electron chi connectivity index (χ1n) is 11.4. The Morgan fingerprint density at radius 1 is 0.676 bits per heavy atom. The van der Waals surface area contributed by atoms with Crippen LogP contribution in [0.3, 0.4) is 0 Å². The summed E-state index contributed by atoms with van der Waals surface area (Å²) in [5, 5.41) is 0. The zero-order chi connectivity index (χ0) is 23.7. The minimum absolute atomic E-state index is 0.0515. The standard InChI is InChI=1S/C28H25N3O3/c1-20-18-24(29-16-8-9-17-29)15-14-21(20)19-25-26(32)30(22-10-4-2-5-11-22)28(34)31(27(25)33)23-12-6-3-7-13-23/h2-7,10-15,18-19H,8-9,16-17H2,1H3. The molecule has 0 aromatic heterocycles. The number of nitrogens with zero attached hydrogens (tertiary/aromatic N) is 3. The largest absolute Gasteiger partial charge is 0.372 e. The van der Waals surface area contributed by atoms with Crippen molar-refractivity contribution in [3.05, 3.63) is 95.6 Å². The van der Waals surface area contributed by atoms with Crippen molar-refractivity contribution < 1.29 is 14.4 Å². The van der Waals surface area contributed by atoms with Crippen molar-refractivity contribution in [1.82, 2.24) is 0 Å². The third-order valence-corrected chi connectivity index (χ3v) is 6.30. The van der Waals surface area contributed by atoms with E-state index in [1.165, 1.54) is 12.8 Å². The van der Waals surface area contributed by atoms with E-state index in [1.807, 2.05) is 31.2 Å². The molecule has 0 spiro atoms. The average Bonchev–Trinajstić information content (AvgIpc) is 3.39. The molecule has 6 nitrogen and oxygen atoms in total. The van der Waals surface area contributed by atoms with Crippen LogP contribution in [0.5, 0.6) is 0 Å². The summed E-state index contributed by atoms with van der Waals surface area (Å²) in [5.41, 5.74) is 3.66. The van der Waals surface area contributed by atoms with Crippen LogP contribution in [0.4, 0.5) is 21.9 Å². The van der Waals surface area contributed by atoms with E-state index in [0.29, 0.717) is 11.4 Å². The highest BCUT2D eigenvalue weighted by Gasteiger charge is 2.43. The average molecular weight is 452 g/mol. The fraction of sp³-hybridized carbons (Fsp3) is 0.179. The Labute approximate surface area is 198 Å². The highest BCUT2D eigenvalue weighted by Crippen LogP contribution is 2.31. The monoisotopic (exact) mass is 451 g/mol. The first-order valence-corrected chi connectivity index (χ1v) is 11.4. The molecule has 0 aliphatic carbocycles. The lowest BCUT2D eigenvalue weighted by Crippen LogP contribution is -2.57. The van der Waals surface area contributed by atoms with E-state index in [1.54, 1.807) is 54.6 Å². The van der Waals surface area contributed by atoms with E-state index >= 15 is 0 Å². The molecule has 0 unspecified atom stereocenters. The summed E-state index contributed by atoms with van der Waals surface area (Å²) in [7, 11) is 0. The zero-order valence-electron chi connectivity index (χ0n) is 19.0. The van der Waals surface area contributed by atoms with Crippen molar-refractivity contribution in [1.29, 1.82) is 0 Å². The van der Waals surface area contributed by atoms with Gasteiger partial charge in [-0.3, -0.25) is 9.59 Å². The number of carbonyl (C=O) groups excluding carboxylic acids is 3. The van der Waals surface area contributed by atoms with Crippen molar-refractivity contribution in [2.24, 2.45) is 0 Å². The number of imide groups is 2. The second-order valence-electron chi connectivity index (χ2n) is 8.53. The van der Waals surface area contributed by atoms with Crippen molar-refractivity contribution in [3.8, 4) is 0 Å². The van der Waals surface area contributed by atoms with Crippen molar-refractivity contribution in [2.75, 3.05) is 27.8 Å². The SMILES string of the molecule is Cc1cc(N2CCCC2)ccc1C=C1C(=O)N(c2ccccc2)C(=O)N(c2ccccc2)C1=O. The van der Waals surface area contributed by atoms with Gasteiger partial charge in [0.15, 0.2) is 0 Å². The van der Waals surface area contributed by atoms with Crippen LogP contribution in [0.2, 0.25) is 0 Å². The molecule has 2 aliphatic heterocycles. The second-order valence-corrected chi connectivity index (χ2v) is 8.53. The number of carbonyl (C=O) groups is 3. The first-order chi connectivity index (χ1) is 16.5. The van der Waals surface area contributed by atoms with E-state index in [4.69, 9.17) is 0 Å². The molecule has 0 atom stereocenters. The van der Waals surface area contributed by atoms with E-state index in [-0.39, 0.29) is 5.57 Å². The van der Waals surface area contributed by atoms with Gasteiger partial charge in [-0.05, 0) is 73.4 Å². The number of aryl methyl sites for hydroxylation is 1. The number of amides is 4. The summed E-state index contributed by atoms with van der Waals surface area (Å²) in [5.74, 6) is -1.26. The molecule has 0 bridgehead atoms. The molecule has 0 radical (unpaired) electrons. The van der Waals surface area contributed by atoms with Crippen LogP contribution in [0.25, 0.3) is 6.08 Å². The highest BCUT2D eigenvalue weighted by atomic mass is 16.2. The molecular formula is C28H25N3O3. The van der Waals surface area contributed by atoms with Gasteiger partial charge in [0.05, 0.1) is 11.4 Å². The van der Waals surface area contributed by atoms with Crippen molar-refractivity contribution in [2.45, 2.75) is 19.8 Å². The van der Waals surface area contributed by atoms with E-state index in [9.17, 15) is 14.4 Å². The number of urea groups is 1. The number of hydrogen-bond donors (Lipinski definition) is 0. The Kier molecular flexibility index (Phi) is 5.72. The molecular weight excluding hydrogens is 426 g/mol. The third kappa shape index (κ3) is 3.88. The third-order valence-electron chi connectivity index (χ3n) is 6.30. The lowest BCUT2D eigenvalue weighted by Gasteiger charge is -2.34. The second kappa shape index (κ2) is 8.98. The number of hydrogen-bond acceptors (Lipinski definition) is 4. The molecule has 3 aromatic rings. The van der Waals surface area contributed by atoms with Crippen molar-refractivity contribution in [3.63, 3.8) is 0 Å². The van der Waals surface area contributed by atoms with Gasteiger partial charge in [0.25, 0.3) is 11.8 Å². The normalized spacial score (nSPS) is 16.4. The summed E-state index contributed by atoms with van der Waals surface area (Å²) in [6, 6.07) is 22.7. The van der Waals surface area contributed by atoms with Crippen LogP contribution in [0.15, 0.2) is 84.4 Å². The maximum Gasteiger partial charge on any atom is 0.343 e. The summed E-state index contributed by atoms with van der Waals surface area (Å²) >= 11 is 0. The number of rotatable bonds is 4. The van der Waals surface area contributed by atoms with Crippen LogP contribution in [-0.2, 0) is 9.59 Å². The predicted octanol–water partition coefficient (Wildman–Crippen LogP) is 5.18. The Bertz CT molecular complexity index is 1220. The van der Waals surface area contributed by atoms with Crippen LogP contribution in [-0.4, -0.2) is 30.9 Å². The summed E-state index contributed by atoms with van der Waals surface area (Å²) in [6.45, 7) is 4.05. The lowest BCUT2D eigenvalue weighted by molar-refractivity contribution is -0.121. The van der Waals surface area contributed by atoms with E-state index < -0.39 is 17.8 Å². The maximum atomic E-state index is 13.5. The zero-order valence-corrected chi connectivity index (χ0v) is 19.0. The highest BCUT2D eigenvalue weighted by molar-refractivity contribution is 6.46. The van der Waals surface area contributed by atoms with E-state index in [2.05, 4.69) is 11.0 Å². The van der Waals surface area contributed by atoms with E-state index in [0.717, 1.165) is 39.7 Å². The molecule has 6 heteroatoms. The molecule has 170 valence electrons. The van der Waals surface area contributed by atoms with Crippen molar-refractivity contribution >= 4 is 41.0 Å². The van der Waals surface area contributed by atoms with Gasteiger partial charge < -0.3 is 4.90 Å².